The Bertz CT molecular complexity index is 1170. The van der Waals surface area contributed by atoms with E-state index in [4.69, 9.17) is 0 Å². The molecule has 5 nitrogen and oxygen atoms in total. The maximum Gasteiger partial charge on any atom is 0.262 e. The van der Waals surface area contributed by atoms with Gasteiger partial charge in [-0.05, 0) is 61.8 Å². The maximum atomic E-state index is 13.2. The highest BCUT2D eigenvalue weighted by Gasteiger charge is 2.51. The van der Waals surface area contributed by atoms with E-state index in [1.54, 1.807) is 36.9 Å². The number of fused-ring (bicyclic) bond motifs is 1. The highest BCUT2D eigenvalue weighted by atomic mass is 32.2. The minimum Gasteiger partial charge on any atom is -0.297 e. The Morgan fingerprint density at radius 2 is 1.76 bits per heavy atom. The average molecular weight is 462 g/mol. The minimum absolute atomic E-state index is 0.0353. The molecule has 0 N–H and O–H groups in total. The Morgan fingerprint density at radius 1 is 1.06 bits per heavy atom. The normalized spacial score (nSPS) is 20.4. The molecule has 2 amide bonds. The number of nitrogens with zero attached hydrogens (tertiary/aromatic N) is 1. The number of aryl methyl sites for hydroxylation is 1. The number of benzene rings is 2. The fourth-order valence-corrected chi connectivity index (χ4v) is 5.16. The first-order valence-corrected chi connectivity index (χ1v) is 12.2. The van der Waals surface area contributed by atoms with Gasteiger partial charge in [0.1, 0.15) is 5.54 Å². The van der Waals surface area contributed by atoms with Gasteiger partial charge in [-0.25, -0.2) is 0 Å². The molecule has 2 aromatic rings. The third kappa shape index (κ3) is 4.32. The van der Waals surface area contributed by atoms with Crippen molar-refractivity contribution in [2.45, 2.75) is 56.4 Å². The Labute approximate surface area is 198 Å². The summed E-state index contributed by atoms with van der Waals surface area (Å²) in [6.07, 6.45) is 1.97. The Kier molecular flexibility index (Phi) is 6.39. The fourth-order valence-electron chi connectivity index (χ4n) is 4.50. The predicted molar refractivity (Wildman–Crippen MR) is 129 cm³/mol. The first-order valence-electron chi connectivity index (χ1n) is 11.2. The van der Waals surface area contributed by atoms with E-state index in [2.05, 4.69) is 13.5 Å². The molecular formula is C27H27NO4S. The van der Waals surface area contributed by atoms with Crippen LogP contribution in [0.5, 0.6) is 0 Å². The molecule has 2 aromatic carbocycles. The molecule has 0 radical (unpaired) electrons. The van der Waals surface area contributed by atoms with Gasteiger partial charge in [0.2, 0.25) is 0 Å². The van der Waals surface area contributed by atoms with Gasteiger partial charge in [-0.2, -0.15) is 0 Å². The first-order chi connectivity index (χ1) is 15.7. The van der Waals surface area contributed by atoms with Gasteiger partial charge >= 0.3 is 0 Å². The number of allylic oxidation sites excluding steroid dienone is 1. The van der Waals surface area contributed by atoms with Crippen LogP contribution in [0.15, 0.2) is 59.5 Å². The number of amides is 2. The van der Waals surface area contributed by atoms with Crippen molar-refractivity contribution in [1.82, 2.24) is 4.90 Å². The summed E-state index contributed by atoms with van der Waals surface area (Å²) in [7, 11) is 0. The number of imide groups is 1. The van der Waals surface area contributed by atoms with Gasteiger partial charge in [-0.15, -0.1) is 11.8 Å². The summed E-state index contributed by atoms with van der Waals surface area (Å²) in [6.45, 7) is 7.64. The Morgan fingerprint density at radius 3 is 2.42 bits per heavy atom. The van der Waals surface area contributed by atoms with Gasteiger partial charge in [0.05, 0.1) is 11.1 Å². The third-order valence-electron chi connectivity index (χ3n) is 6.55. The van der Waals surface area contributed by atoms with Crippen molar-refractivity contribution in [3.8, 4) is 0 Å². The molecule has 1 heterocycles. The summed E-state index contributed by atoms with van der Waals surface area (Å²) in [5, 5.41) is 0. The first kappa shape index (κ1) is 23.2. The minimum atomic E-state index is -1.15. The molecule has 0 bridgehead atoms. The number of ketones is 2. The molecule has 1 atom stereocenters. The van der Waals surface area contributed by atoms with Crippen LogP contribution < -0.4 is 0 Å². The van der Waals surface area contributed by atoms with Crippen LogP contribution in [0.3, 0.4) is 0 Å². The molecule has 4 rings (SSSR count). The van der Waals surface area contributed by atoms with E-state index in [0.717, 1.165) is 26.7 Å². The molecule has 6 heteroatoms. The van der Waals surface area contributed by atoms with Crippen molar-refractivity contribution in [1.29, 1.82) is 0 Å². The zero-order valence-electron chi connectivity index (χ0n) is 19.0. The second kappa shape index (κ2) is 9.10. The van der Waals surface area contributed by atoms with Crippen LogP contribution in [0.2, 0.25) is 0 Å². The molecule has 1 saturated carbocycles. The number of Topliss-reactive ketones (excluding diaryl/α,β-unsaturated/α-hetero) is 2. The zero-order valence-corrected chi connectivity index (χ0v) is 19.8. The van der Waals surface area contributed by atoms with Crippen LogP contribution in [0.25, 0.3) is 0 Å². The van der Waals surface area contributed by atoms with Gasteiger partial charge < -0.3 is 0 Å². The van der Waals surface area contributed by atoms with E-state index >= 15 is 0 Å². The standard InChI is InChI=1S/C27H27NO4S/c1-4-33-20-9-7-19(8-10-20)23(29)12-6-18-5-11-21-22(16-18)26(32)28(25(21)31)27(3)14-13-17(2)15-24(27)30/h5,7-11,16H,2,4,6,12-15H2,1,3H3/t27-/m0/s1. The largest absolute Gasteiger partial charge is 0.297 e. The van der Waals surface area contributed by atoms with Gasteiger partial charge in [0, 0.05) is 23.3 Å². The molecule has 0 spiro atoms. The fraction of sp³-hybridized carbons (Fsp3) is 0.333. The molecule has 0 unspecified atom stereocenters. The molecular weight excluding hydrogens is 434 g/mol. The second-order valence-corrected chi connectivity index (χ2v) is 10.2. The van der Waals surface area contributed by atoms with Crippen LogP contribution in [0, 0.1) is 0 Å². The lowest BCUT2D eigenvalue weighted by Gasteiger charge is -2.39. The van der Waals surface area contributed by atoms with Crippen molar-refractivity contribution >= 4 is 35.1 Å². The van der Waals surface area contributed by atoms with E-state index in [-0.39, 0.29) is 18.0 Å². The number of hydrogen-bond donors (Lipinski definition) is 0. The second-order valence-electron chi connectivity index (χ2n) is 8.83. The van der Waals surface area contributed by atoms with Crippen LogP contribution in [0.4, 0.5) is 0 Å². The van der Waals surface area contributed by atoms with Crippen molar-refractivity contribution < 1.29 is 19.2 Å². The summed E-state index contributed by atoms with van der Waals surface area (Å²) in [5.41, 5.74) is 1.80. The average Bonchev–Trinajstić information content (AvgIpc) is 3.05. The Hall–Kier alpha value is -2.99. The molecule has 0 aromatic heterocycles. The van der Waals surface area contributed by atoms with E-state index in [0.29, 0.717) is 42.4 Å². The molecule has 170 valence electrons. The number of thioether (sulfide) groups is 1. The molecule has 1 fully saturated rings. The van der Waals surface area contributed by atoms with Gasteiger partial charge in [0.25, 0.3) is 11.8 Å². The molecule has 1 aliphatic heterocycles. The van der Waals surface area contributed by atoms with Gasteiger partial charge in [-0.3, -0.25) is 24.1 Å². The van der Waals surface area contributed by atoms with Crippen molar-refractivity contribution in [3.63, 3.8) is 0 Å². The quantitative estimate of drug-likeness (QED) is 0.243. The highest BCUT2D eigenvalue weighted by molar-refractivity contribution is 7.99. The lowest BCUT2D eigenvalue weighted by molar-refractivity contribution is -0.128. The van der Waals surface area contributed by atoms with Crippen LogP contribution in [-0.4, -0.2) is 39.6 Å². The monoisotopic (exact) mass is 461 g/mol. The lowest BCUT2D eigenvalue weighted by atomic mass is 9.78. The van der Waals surface area contributed by atoms with Crippen molar-refractivity contribution in [2.75, 3.05) is 5.75 Å². The maximum absolute atomic E-state index is 13.2. The van der Waals surface area contributed by atoms with E-state index in [1.807, 2.05) is 24.3 Å². The number of rotatable bonds is 7. The van der Waals surface area contributed by atoms with E-state index in [9.17, 15) is 19.2 Å². The van der Waals surface area contributed by atoms with E-state index in [1.165, 1.54) is 0 Å². The Balaban J connectivity index is 1.48. The predicted octanol–water partition coefficient (Wildman–Crippen LogP) is 5.28. The number of hydrogen-bond acceptors (Lipinski definition) is 5. The third-order valence-corrected chi connectivity index (χ3v) is 7.44. The summed E-state index contributed by atoms with van der Waals surface area (Å²) < 4.78 is 0. The highest BCUT2D eigenvalue weighted by Crippen LogP contribution is 2.38. The summed E-state index contributed by atoms with van der Waals surface area (Å²) >= 11 is 1.73. The summed E-state index contributed by atoms with van der Waals surface area (Å²) in [6, 6.07) is 12.7. The molecule has 0 saturated heterocycles. The number of carbonyl (C=O) groups excluding carboxylic acids is 4. The van der Waals surface area contributed by atoms with Crippen LogP contribution in [0.1, 0.15) is 76.2 Å². The van der Waals surface area contributed by atoms with Gasteiger partial charge in [-0.1, -0.05) is 37.3 Å². The van der Waals surface area contributed by atoms with E-state index < -0.39 is 17.4 Å². The van der Waals surface area contributed by atoms with Crippen LogP contribution >= 0.6 is 11.8 Å². The zero-order chi connectivity index (χ0) is 23.8. The summed E-state index contributed by atoms with van der Waals surface area (Å²) in [4.78, 5) is 53.9. The SMILES string of the molecule is C=C1CC[C@](C)(N2C(=O)c3ccc(CCC(=O)c4ccc(SCC)cc4)cc3C2=O)C(=O)C1. The van der Waals surface area contributed by atoms with Crippen molar-refractivity contribution in [2.24, 2.45) is 0 Å². The molecule has 2 aliphatic rings. The number of carbonyl (C=O) groups is 4. The molecule has 1 aliphatic carbocycles. The lowest BCUT2D eigenvalue weighted by Crippen LogP contribution is -2.56. The van der Waals surface area contributed by atoms with Gasteiger partial charge in [0.15, 0.2) is 11.6 Å². The molecule has 33 heavy (non-hydrogen) atoms. The van der Waals surface area contributed by atoms with Crippen LogP contribution in [-0.2, 0) is 11.2 Å². The summed E-state index contributed by atoms with van der Waals surface area (Å²) in [5.74, 6) is 0.00417. The van der Waals surface area contributed by atoms with Crippen molar-refractivity contribution in [3.05, 3.63) is 76.9 Å². The topological polar surface area (TPSA) is 71.5 Å². The smallest absolute Gasteiger partial charge is 0.262 e.